The number of terminal acetylenes is 1. The predicted molar refractivity (Wildman–Crippen MR) is 95.4 cm³/mol. The highest BCUT2D eigenvalue weighted by molar-refractivity contribution is 9.10. The average Bonchev–Trinajstić information content (AvgIpc) is 2.58. The molecule has 0 radical (unpaired) electrons. The Morgan fingerprint density at radius 3 is 2.62 bits per heavy atom. The molecule has 0 bridgehead atoms. The van der Waals surface area contributed by atoms with Gasteiger partial charge in [0.1, 0.15) is 6.61 Å². The smallest absolute Gasteiger partial charge is 0.269 e. The molecule has 0 atom stereocenters. The summed E-state index contributed by atoms with van der Waals surface area (Å²) < 4.78 is 11.5. The molecule has 0 aromatic heterocycles. The molecule has 7 heteroatoms. The number of non-ortho nitro benzene ring substituents is 1. The van der Waals surface area contributed by atoms with E-state index in [9.17, 15) is 10.1 Å². The summed E-state index contributed by atoms with van der Waals surface area (Å²) in [5, 5.41) is 13.8. The molecule has 0 saturated heterocycles. The van der Waals surface area contributed by atoms with Crippen LogP contribution in [0.3, 0.4) is 0 Å². The maximum absolute atomic E-state index is 10.6. The van der Waals surface area contributed by atoms with Crippen LogP contribution in [0.1, 0.15) is 5.56 Å². The fraction of sp³-hybridized carbons (Fsp3) is 0.176. The molecular formula is C17H15BrN2O4. The van der Waals surface area contributed by atoms with E-state index in [1.807, 2.05) is 12.1 Å². The SMILES string of the molecule is C#CCOc1c(Br)cc(CNc2ccc([N+](=O)[O-])cc2)cc1OC. The van der Waals surface area contributed by atoms with Gasteiger partial charge < -0.3 is 14.8 Å². The van der Waals surface area contributed by atoms with Crippen LogP contribution >= 0.6 is 15.9 Å². The molecule has 2 rings (SSSR count). The standard InChI is InChI=1S/C17H15BrN2O4/c1-3-8-24-17-15(18)9-12(10-16(17)23-2)11-19-13-4-6-14(7-5-13)20(21)22/h1,4-7,9-10,19H,8,11H2,2H3. The molecule has 0 fully saturated rings. The molecule has 0 aliphatic carbocycles. The number of anilines is 1. The van der Waals surface area contributed by atoms with Crippen molar-refractivity contribution < 1.29 is 14.4 Å². The minimum Gasteiger partial charge on any atom is -0.493 e. The van der Waals surface area contributed by atoms with Gasteiger partial charge in [0.25, 0.3) is 5.69 Å². The number of benzene rings is 2. The van der Waals surface area contributed by atoms with E-state index >= 15 is 0 Å². The van der Waals surface area contributed by atoms with Gasteiger partial charge in [0.2, 0.25) is 0 Å². The van der Waals surface area contributed by atoms with Crippen LogP contribution < -0.4 is 14.8 Å². The summed E-state index contributed by atoms with van der Waals surface area (Å²) in [6, 6.07) is 9.97. The molecule has 1 N–H and O–H groups in total. The van der Waals surface area contributed by atoms with Crippen molar-refractivity contribution in [2.75, 3.05) is 19.0 Å². The molecule has 124 valence electrons. The number of halogens is 1. The maximum atomic E-state index is 10.6. The Balaban J connectivity index is 2.11. The highest BCUT2D eigenvalue weighted by Gasteiger charge is 2.11. The van der Waals surface area contributed by atoms with Crippen molar-refractivity contribution in [2.45, 2.75) is 6.54 Å². The second kappa shape index (κ2) is 8.22. The third kappa shape index (κ3) is 4.40. The van der Waals surface area contributed by atoms with E-state index in [0.29, 0.717) is 18.0 Å². The number of nitrogens with one attached hydrogen (secondary N) is 1. The summed E-state index contributed by atoms with van der Waals surface area (Å²) in [5.74, 6) is 3.53. The van der Waals surface area contributed by atoms with Crippen LogP contribution in [0.4, 0.5) is 11.4 Å². The lowest BCUT2D eigenvalue weighted by Crippen LogP contribution is -2.02. The van der Waals surface area contributed by atoms with Crippen LogP contribution in [-0.4, -0.2) is 18.6 Å². The fourth-order valence-electron chi connectivity index (χ4n) is 2.03. The van der Waals surface area contributed by atoms with Gasteiger partial charge in [0, 0.05) is 24.4 Å². The van der Waals surface area contributed by atoms with Crippen molar-refractivity contribution in [3.05, 3.63) is 56.5 Å². The molecule has 0 amide bonds. The van der Waals surface area contributed by atoms with E-state index in [1.165, 1.54) is 12.1 Å². The molecule has 6 nitrogen and oxygen atoms in total. The minimum absolute atomic E-state index is 0.0555. The molecule has 0 aliphatic rings. The Hall–Kier alpha value is -2.72. The molecule has 0 heterocycles. The summed E-state index contributed by atoms with van der Waals surface area (Å²) in [7, 11) is 1.55. The van der Waals surface area contributed by atoms with Gasteiger partial charge in [0.15, 0.2) is 11.5 Å². The Kier molecular flexibility index (Phi) is 6.04. The van der Waals surface area contributed by atoms with Gasteiger partial charge in [0.05, 0.1) is 16.5 Å². The average molecular weight is 391 g/mol. The zero-order valence-electron chi connectivity index (χ0n) is 12.9. The van der Waals surface area contributed by atoms with E-state index in [2.05, 4.69) is 27.2 Å². The molecular weight excluding hydrogens is 376 g/mol. The molecule has 0 saturated carbocycles. The molecule has 0 spiro atoms. The van der Waals surface area contributed by atoms with Gasteiger partial charge in [-0.05, 0) is 45.8 Å². The van der Waals surface area contributed by atoms with Crippen molar-refractivity contribution >= 4 is 27.3 Å². The van der Waals surface area contributed by atoms with Crippen molar-refractivity contribution in [3.8, 4) is 23.8 Å². The summed E-state index contributed by atoms with van der Waals surface area (Å²) >= 11 is 3.44. The quantitative estimate of drug-likeness (QED) is 0.439. The van der Waals surface area contributed by atoms with Gasteiger partial charge >= 0.3 is 0 Å². The first kappa shape index (κ1) is 17.6. The third-order valence-corrected chi connectivity index (χ3v) is 3.75. The number of hydrogen-bond acceptors (Lipinski definition) is 5. The lowest BCUT2D eigenvalue weighted by atomic mass is 10.2. The Morgan fingerprint density at radius 2 is 2.04 bits per heavy atom. The maximum Gasteiger partial charge on any atom is 0.269 e. The molecule has 0 aliphatic heterocycles. The number of methoxy groups -OCH3 is 1. The van der Waals surface area contributed by atoms with Gasteiger partial charge in [-0.1, -0.05) is 5.92 Å². The van der Waals surface area contributed by atoms with Crippen LogP contribution in [0, 0.1) is 22.5 Å². The summed E-state index contributed by atoms with van der Waals surface area (Å²) in [6.45, 7) is 0.664. The summed E-state index contributed by atoms with van der Waals surface area (Å²) in [6.07, 6.45) is 5.21. The van der Waals surface area contributed by atoms with Crippen LogP contribution in [0.15, 0.2) is 40.9 Å². The van der Waals surface area contributed by atoms with E-state index in [4.69, 9.17) is 15.9 Å². The number of nitro groups is 1. The van der Waals surface area contributed by atoms with Crippen LogP contribution in [0.2, 0.25) is 0 Å². The highest BCUT2D eigenvalue weighted by Crippen LogP contribution is 2.36. The first-order valence-corrected chi connectivity index (χ1v) is 7.75. The second-order valence-corrected chi connectivity index (χ2v) is 5.61. The lowest BCUT2D eigenvalue weighted by Gasteiger charge is -2.14. The predicted octanol–water partition coefficient (Wildman–Crippen LogP) is 3.99. The number of nitro benzene ring substituents is 1. The molecule has 0 unspecified atom stereocenters. The van der Waals surface area contributed by atoms with Crippen molar-refractivity contribution in [1.29, 1.82) is 0 Å². The first-order chi connectivity index (χ1) is 11.5. The van der Waals surface area contributed by atoms with Crippen LogP contribution in [-0.2, 0) is 6.54 Å². The lowest BCUT2D eigenvalue weighted by molar-refractivity contribution is -0.384. The third-order valence-electron chi connectivity index (χ3n) is 3.16. The number of rotatable bonds is 7. The number of hydrogen-bond donors (Lipinski definition) is 1. The van der Waals surface area contributed by atoms with E-state index in [-0.39, 0.29) is 12.3 Å². The number of ether oxygens (including phenoxy) is 2. The van der Waals surface area contributed by atoms with Crippen molar-refractivity contribution in [2.24, 2.45) is 0 Å². The van der Waals surface area contributed by atoms with E-state index in [1.54, 1.807) is 19.2 Å². The summed E-state index contributed by atoms with van der Waals surface area (Å²) in [5.41, 5.74) is 1.79. The Morgan fingerprint density at radius 1 is 1.33 bits per heavy atom. The van der Waals surface area contributed by atoms with E-state index in [0.717, 1.165) is 15.7 Å². The Labute approximate surface area is 148 Å². The minimum atomic E-state index is -0.430. The van der Waals surface area contributed by atoms with Gasteiger partial charge in [-0.15, -0.1) is 6.42 Å². The van der Waals surface area contributed by atoms with Crippen molar-refractivity contribution in [1.82, 2.24) is 0 Å². The summed E-state index contributed by atoms with van der Waals surface area (Å²) in [4.78, 5) is 10.2. The van der Waals surface area contributed by atoms with Gasteiger partial charge in [-0.3, -0.25) is 10.1 Å². The van der Waals surface area contributed by atoms with Crippen molar-refractivity contribution in [3.63, 3.8) is 0 Å². The normalized spacial score (nSPS) is 9.88. The van der Waals surface area contributed by atoms with Crippen LogP contribution in [0.25, 0.3) is 0 Å². The first-order valence-electron chi connectivity index (χ1n) is 6.96. The van der Waals surface area contributed by atoms with Crippen LogP contribution in [0.5, 0.6) is 11.5 Å². The van der Waals surface area contributed by atoms with Gasteiger partial charge in [-0.2, -0.15) is 0 Å². The Bertz CT molecular complexity index is 769. The second-order valence-electron chi connectivity index (χ2n) is 4.76. The zero-order chi connectivity index (χ0) is 17.5. The molecule has 24 heavy (non-hydrogen) atoms. The number of nitrogens with zero attached hydrogens (tertiary/aromatic N) is 1. The monoisotopic (exact) mass is 390 g/mol. The highest BCUT2D eigenvalue weighted by atomic mass is 79.9. The van der Waals surface area contributed by atoms with E-state index < -0.39 is 4.92 Å². The topological polar surface area (TPSA) is 73.6 Å². The fourth-order valence-corrected chi connectivity index (χ4v) is 2.64. The van der Waals surface area contributed by atoms with Gasteiger partial charge in [-0.25, -0.2) is 0 Å². The molecule has 2 aromatic rings. The molecule has 2 aromatic carbocycles. The zero-order valence-corrected chi connectivity index (χ0v) is 14.5. The largest absolute Gasteiger partial charge is 0.493 e.